The predicted molar refractivity (Wildman–Crippen MR) is 117 cm³/mol. The number of fused-ring (bicyclic) bond motifs is 1. The minimum Gasteiger partial charge on any atom is -0.454 e. The van der Waals surface area contributed by atoms with E-state index in [4.69, 9.17) is 4.74 Å². The number of cyclic esters (lactones) is 1. The number of tetrazole rings is 1. The summed E-state index contributed by atoms with van der Waals surface area (Å²) in [6, 6.07) is 21.9. The number of carbonyl (C=O) groups is 2. The van der Waals surface area contributed by atoms with E-state index in [0.29, 0.717) is 29.1 Å². The molecule has 4 aromatic rings. The fourth-order valence-corrected chi connectivity index (χ4v) is 3.80. The van der Waals surface area contributed by atoms with E-state index < -0.39 is 0 Å². The molecule has 1 amide bonds. The molecule has 0 saturated carbocycles. The van der Waals surface area contributed by atoms with Crippen LogP contribution in [0.15, 0.2) is 72.8 Å². The van der Waals surface area contributed by atoms with Crippen LogP contribution in [-0.4, -0.2) is 32.1 Å². The first kappa shape index (κ1) is 19.6. The van der Waals surface area contributed by atoms with Gasteiger partial charge in [0.1, 0.15) is 6.10 Å². The van der Waals surface area contributed by atoms with E-state index in [0.717, 1.165) is 16.7 Å². The first-order valence-corrected chi connectivity index (χ1v) is 10.1. The summed E-state index contributed by atoms with van der Waals surface area (Å²) in [5, 5.41) is 14.4. The fourth-order valence-electron chi connectivity index (χ4n) is 3.80. The minimum atomic E-state index is -0.378. The van der Waals surface area contributed by atoms with Gasteiger partial charge in [-0.3, -0.25) is 4.79 Å². The van der Waals surface area contributed by atoms with Gasteiger partial charge in [-0.25, -0.2) is 9.48 Å². The molecule has 32 heavy (non-hydrogen) atoms. The van der Waals surface area contributed by atoms with Gasteiger partial charge in [0.15, 0.2) is 5.82 Å². The van der Waals surface area contributed by atoms with Crippen LogP contribution < -0.4 is 5.32 Å². The number of aryl methyl sites for hydroxylation is 1. The Morgan fingerprint density at radius 2 is 1.91 bits per heavy atom. The Labute approximate surface area is 183 Å². The summed E-state index contributed by atoms with van der Waals surface area (Å²) in [6.45, 7) is 0. The largest absolute Gasteiger partial charge is 0.454 e. The van der Waals surface area contributed by atoms with Crippen molar-refractivity contribution < 1.29 is 14.3 Å². The van der Waals surface area contributed by atoms with Crippen molar-refractivity contribution in [1.29, 1.82) is 0 Å². The van der Waals surface area contributed by atoms with Crippen LogP contribution in [0, 0.1) is 0 Å². The molecule has 2 heterocycles. The summed E-state index contributed by atoms with van der Waals surface area (Å²) in [5.41, 5.74) is 4.09. The highest BCUT2D eigenvalue weighted by molar-refractivity contribution is 6.05. The molecule has 0 fully saturated rings. The third kappa shape index (κ3) is 3.74. The van der Waals surface area contributed by atoms with Crippen molar-refractivity contribution in [2.24, 2.45) is 7.05 Å². The van der Waals surface area contributed by atoms with Crippen molar-refractivity contribution in [1.82, 2.24) is 20.2 Å². The molecule has 1 atom stereocenters. The van der Waals surface area contributed by atoms with E-state index in [1.54, 1.807) is 36.0 Å². The van der Waals surface area contributed by atoms with Gasteiger partial charge in [-0.1, -0.05) is 42.5 Å². The van der Waals surface area contributed by atoms with E-state index in [2.05, 4.69) is 20.8 Å². The second-order valence-corrected chi connectivity index (χ2v) is 7.54. The van der Waals surface area contributed by atoms with Crippen LogP contribution in [0.1, 0.15) is 37.9 Å². The predicted octanol–water partition coefficient (Wildman–Crippen LogP) is 3.58. The van der Waals surface area contributed by atoms with Gasteiger partial charge in [0.05, 0.1) is 5.56 Å². The quantitative estimate of drug-likeness (QED) is 0.502. The average Bonchev–Trinajstić information content (AvgIpc) is 3.25. The van der Waals surface area contributed by atoms with Gasteiger partial charge in [-0.2, -0.15) is 0 Å². The van der Waals surface area contributed by atoms with Crippen LogP contribution >= 0.6 is 0 Å². The number of rotatable bonds is 4. The maximum atomic E-state index is 12.9. The number of ether oxygens (including phenoxy) is 1. The molecular weight excluding hydrogens is 406 g/mol. The Kier molecular flexibility index (Phi) is 4.95. The molecule has 1 aliphatic rings. The number of anilines is 1. The summed E-state index contributed by atoms with van der Waals surface area (Å²) < 4.78 is 7.16. The SMILES string of the molecule is Cn1nnnc1-c1cccc(NC(=O)c2ccc3c(c2)C[C@@H](c2ccccc2)OC3=O)c1. The standard InChI is InChI=1S/C24H19N5O3/c1-29-22(26-27-28-29)16-8-5-9-19(13-16)25-23(30)17-10-11-20-18(12-17)14-21(32-24(20)31)15-6-3-2-4-7-15/h2-13,21H,14H2,1H3,(H,25,30)/t21-/m0/s1. The summed E-state index contributed by atoms with van der Waals surface area (Å²) in [5.74, 6) is -0.0476. The number of carbonyl (C=O) groups excluding carboxylic acids is 2. The zero-order chi connectivity index (χ0) is 22.1. The maximum Gasteiger partial charge on any atom is 0.339 e. The number of benzene rings is 3. The van der Waals surface area contributed by atoms with Crippen molar-refractivity contribution in [2.45, 2.75) is 12.5 Å². The monoisotopic (exact) mass is 425 g/mol. The molecule has 0 aliphatic carbocycles. The molecule has 0 spiro atoms. The van der Waals surface area contributed by atoms with E-state index >= 15 is 0 Å². The molecule has 0 bridgehead atoms. The van der Waals surface area contributed by atoms with E-state index in [-0.39, 0.29) is 18.0 Å². The molecule has 3 aromatic carbocycles. The number of hydrogen-bond donors (Lipinski definition) is 1. The number of hydrogen-bond acceptors (Lipinski definition) is 6. The van der Waals surface area contributed by atoms with Crippen LogP contribution in [-0.2, 0) is 18.2 Å². The third-order valence-electron chi connectivity index (χ3n) is 5.41. The molecule has 0 radical (unpaired) electrons. The average molecular weight is 425 g/mol. The normalized spacial score (nSPS) is 15.0. The number of aromatic nitrogens is 4. The molecule has 5 rings (SSSR count). The first-order chi connectivity index (χ1) is 15.6. The van der Waals surface area contributed by atoms with Crippen molar-refractivity contribution in [3.8, 4) is 11.4 Å². The third-order valence-corrected chi connectivity index (χ3v) is 5.41. The maximum absolute atomic E-state index is 12.9. The zero-order valence-electron chi connectivity index (χ0n) is 17.2. The lowest BCUT2D eigenvalue weighted by atomic mass is 9.93. The molecule has 8 heteroatoms. The highest BCUT2D eigenvalue weighted by Gasteiger charge is 2.28. The van der Waals surface area contributed by atoms with Gasteiger partial charge in [0.25, 0.3) is 5.91 Å². The molecule has 158 valence electrons. The Bertz CT molecular complexity index is 1320. The lowest BCUT2D eigenvalue weighted by molar-refractivity contribution is 0.0252. The Hall–Kier alpha value is -4.33. The van der Waals surface area contributed by atoms with Gasteiger partial charge in [0, 0.05) is 30.3 Å². The number of esters is 1. The molecule has 1 N–H and O–H groups in total. The molecule has 0 unspecified atom stereocenters. The topological polar surface area (TPSA) is 99.0 Å². The zero-order valence-corrected chi connectivity index (χ0v) is 17.2. The lowest BCUT2D eigenvalue weighted by Crippen LogP contribution is -2.23. The second kappa shape index (κ2) is 8.07. The van der Waals surface area contributed by atoms with Crippen molar-refractivity contribution in [2.75, 3.05) is 5.32 Å². The number of amides is 1. The molecule has 1 aromatic heterocycles. The van der Waals surface area contributed by atoms with Gasteiger partial charge >= 0.3 is 5.97 Å². The lowest BCUT2D eigenvalue weighted by Gasteiger charge is -2.25. The van der Waals surface area contributed by atoms with Crippen LogP contribution in [0.3, 0.4) is 0 Å². The van der Waals surface area contributed by atoms with Crippen LogP contribution in [0.5, 0.6) is 0 Å². The van der Waals surface area contributed by atoms with Crippen LogP contribution in [0.2, 0.25) is 0 Å². The minimum absolute atomic E-state index is 0.267. The molecule has 0 saturated heterocycles. The summed E-state index contributed by atoms with van der Waals surface area (Å²) in [6.07, 6.45) is 0.145. The highest BCUT2D eigenvalue weighted by atomic mass is 16.5. The van der Waals surface area contributed by atoms with Crippen LogP contribution in [0.25, 0.3) is 11.4 Å². The van der Waals surface area contributed by atoms with E-state index in [1.165, 1.54) is 0 Å². The highest BCUT2D eigenvalue weighted by Crippen LogP contribution is 2.31. The molecular formula is C24H19N5O3. The van der Waals surface area contributed by atoms with Crippen LogP contribution in [0.4, 0.5) is 5.69 Å². The van der Waals surface area contributed by atoms with Crippen molar-refractivity contribution in [3.63, 3.8) is 0 Å². The Balaban J connectivity index is 1.38. The Morgan fingerprint density at radius 3 is 2.69 bits per heavy atom. The smallest absolute Gasteiger partial charge is 0.339 e. The van der Waals surface area contributed by atoms with Gasteiger partial charge in [0.2, 0.25) is 0 Å². The van der Waals surface area contributed by atoms with Gasteiger partial charge in [-0.15, -0.1) is 5.10 Å². The van der Waals surface area contributed by atoms with Crippen molar-refractivity contribution >= 4 is 17.6 Å². The second-order valence-electron chi connectivity index (χ2n) is 7.54. The molecule has 1 aliphatic heterocycles. The van der Waals surface area contributed by atoms with E-state index in [1.807, 2.05) is 48.5 Å². The van der Waals surface area contributed by atoms with E-state index in [9.17, 15) is 9.59 Å². The van der Waals surface area contributed by atoms with Gasteiger partial charge < -0.3 is 10.1 Å². The fraction of sp³-hybridized carbons (Fsp3) is 0.125. The first-order valence-electron chi connectivity index (χ1n) is 10.1. The van der Waals surface area contributed by atoms with Gasteiger partial charge in [-0.05, 0) is 51.9 Å². The summed E-state index contributed by atoms with van der Waals surface area (Å²) in [4.78, 5) is 25.4. The Morgan fingerprint density at radius 1 is 1.06 bits per heavy atom. The van der Waals surface area contributed by atoms with Crippen molar-refractivity contribution in [3.05, 3.63) is 95.1 Å². The summed E-state index contributed by atoms with van der Waals surface area (Å²) in [7, 11) is 1.75. The number of nitrogens with zero attached hydrogens (tertiary/aromatic N) is 4. The molecule has 8 nitrogen and oxygen atoms in total. The summed E-state index contributed by atoms with van der Waals surface area (Å²) >= 11 is 0. The number of nitrogens with one attached hydrogen (secondary N) is 1.